The van der Waals surface area contributed by atoms with E-state index in [0.717, 1.165) is 56.5 Å². The largest absolute Gasteiger partial charge is 0.506 e. The SMILES string of the molecule is CCN1C2CC3CC1CC(CNC(=O)c1c(O)c4ccccc4n(C4CCCC4)c1=O)(C3)C2. The molecule has 2 N–H and O–H groups in total. The smallest absolute Gasteiger partial charge is 0.267 e. The second-order valence-electron chi connectivity index (χ2n) is 11.1. The van der Waals surface area contributed by atoms with Gasteiger partial charge in [-0.3, -0.25) is 14.5 Å². The summed E-state index contributed by atoms with van der Waals surface area (Å²) in [5.74, 6) is 0.166. The van der Waals surface area contributed by atoms with E-state index in [-0.39, 0.29) is 28.3 Å². The molecule has 2 unspecified atom stereocenters. The summed E-state index contributed by atoms with van der Waals surface area (Å²) in [5, 5.41) is 14.7. The van der Waals surface area contributed by atoms with Gasteiger partial charge in [-0.1, -0.05) is 31.9 Å². The minimum atomic E-state index is -0.418. The van der Waals surface area contributed by atoms with Crippen LogP contribution in [0.5, 0.6) is 5.75 Å². The lowest BCUT2D eigenvalue weighted by Crippen LogP contribution is -2.63. The summed E-state index contributed by atoms with van der Waals surface area (Å²) in [4.78, 5) is 29.7. The van der Waals surface area contributed by atoms with Crippen LogP contribution in [0.2, 0.25) is 0 Å². The van der Waals surface area contributed by atoms with Crippen molar-refractivity contribution in [2.24, 2.45) is 11.3 Å². The molecule has 3 saturated carbocycles. The van der Waals surface area contributed by atoms with Crippen molar-refractivity contribution < 1.29 is 9.90 Å². The minimum absolute atomic E-state index is 0.0829. The molecule has 1 aromatic heterocycles. The van der Waals surface area contributed by atoms with Crippen LogP contribution in [-0.4, -0.2) is 45.7 Å². The molecule has 0 spiro atoms. The number of hydrogen-bond donors (Lipinski definition) is 2. The zero-order valence-corrected chi connectivity index (χ0v) is 19.6. The molecule has 2 saturated heterocycles. The fourth-order valence-corrected chi connectivity index (χ4v) is 8.03. The molecule has 2 aliphatic heterocycles. The molecule has 2 aromatic rings. The molecule has 6 nitrogen and oxygen atoms in total. The first-order valence-corrected chi connectivity index (χ1v) is 12.9. The summed E-state index contributed by atoms with van der Waals surface area (Å²) in [7, 11) is 0. The molecule has 3 heterocycles. The number of pyridine rings is 1. The topological polar surface area (TPSA) is 74.6 Å². The summed E-state index contributed by atoms with van der Waals surface area (Å²) < 4.78 is 1.78. The summed E-state index contributed by atoms with van der Waals surface area (Å²) in [6.07, 6.45) is 10.1. The zero-order chi connectivity index (χ0) is 22.7. The molecule has 176 valence electrons. The van der Waals surface area contributed by atoms with Crippen molar-refractivity contribution in [3.63, 3.8) is 0 Å². The lowest BCUT2D eigenvalue weighted by Gasteiger charge is -2.61. The number of aromatic hydroxyl groups is 1. The van der Waals surface area contributed by atoms with Crippen molar-refractivity contribution in [2.75, 3.05) is 13.1 Å². The van der Waals surface area contributed by atoms with Crippen molar-refractivity contribution in [1.82, 2.24) is 14.8 Å². The van der Waals surface area contributed by atoms with Crippen molar-refractivity contribution in [1.29, 1.82) is 0 Å². The lowest BCUT2D eigenvalue weighted by molar-refractivity contribution is -0.104. The van der Waals surface area contributed by atoms with Crippen LogP contribution < -0.4 is 10.9 Å². The molecular weight excluding hydrogens is 414 g/mol. The van der Waals surface area contributed by atoms with Gasteiger partial charge < -0.3 is 15.0 Å². The maximum Gasteiger partial charge on any atom is 0.267 e. The third-order valence-corrected chi connectivity index (χ3v) is 9.20. The summed E-state index contributed by atoms with van der Waals surface area (Å²) in [5.41, 5.74) is 0.428. The maximum atomic E-state index is 13.6. The molecule has 3 aliphatic carbocycles. The van der Waals surface area contributed by atoms with Crippen LogP contribution in [0.1, 0.15) is 81.1 Å². The maximum absolute atomic E-state index is 13.6. The van der Waals surface area contributed by atoms with Crippen LogP contribution in [0.15, 0.2) is 29.1 Å². The first-order valence-electron chi connectivity index (χ1n) is 12.9. The number of carbonyl (C=O) groups is 1. The van der Waals surface area contributed by atoms with Crippen molar-refractivity contribution >= 4 is 16.8 Å². The molecule has 4 bridgehead atoms. The number of carbonyl (C=O) groups excluding carboxylic acids is 1. The predicted octanol–water partition coefficient (Wildman–Crippen LogP) is 4.21. The summed E-state index contributed by atoms with van der Waals surface area (Å²) >= 11 is 0. The fraction of sp³-hybridized carbons (Fsp3) is 0.630. The van der Waals surface area contributed by atoms with E-state index < -0.39 is 5.91 Å². The number of nitrogens with one attached hydrogen (secondary N) is 1. The highest BCUT2D eigenvalue weighted by Gasteiger charge is 2.53. The van der Waals surface area contributed by atoms with Crippen LogP contribution in [0.25, 0.3) is 10.9 Å². The molecule has 5 aliphatic rings. The Morgan fingerprint density at radius 2 is 1.79 bits per heavy atom. The molecule has 6 heteroatoms. The van der Waals surface area contributed by atoms with Crippen molar-refractivity contribution in [3.05, 3.63) is 40.2 Å². The Hall–Kier alpha value is -2.34. The van der Waals surface area contributed by atoms with E-state index in [4.69, 9.17) is 0 Å². The molecule has 33 heavy (non-hydrogen) atoms. The Morgan fingerprint density at radius 1 is 1.09 bits per heavy atom. The molecule has 7 rings (SSSR count). The van der Waals surface area contributed by atoms with Gasteiger partial charge in [0.2, 0.25) is 0 Å². The van der Waals surface area contributed by atoms with Gasteiger partial charge in [-0.25, -0.2) is 0 Å². The molecule has 1 amide bonds. The van der Waals surface area contributed by atoms with Gasteiger partial charge in [0.25, 0.3) is 11.5 Å². The molecule has 0 radical (unpaired) electrons. The van der Waals surface area contributed by atoms with Crippen LogP contribution in [0.3, 0.4) is 0 Å². The Balaban J connectivity index is 1.31. The second-order valence-corrected chi connectivity index (χ2v) is 11.1. The fourth-order valence-electron chi connectivity index (χ4n) is 8.03. The van der Waals surface area contributed by atoms with Gasteiger partial charge in [0, 0.05) is 30.1 Å². The molecule has 1 aromatic carbocycles. The quantitative estimate of drug-likeness (QED) is 0.717. The number of fused-ring (bicyclic) bond motifs is 1. The Labute approximate surface area is 195 Å². The van der Waals surface area contributed by atoms with E-state index in [9.17, 15) is 14.7 Å². The highest BCUT2D eigenvalue weighted by molar-refractivity contribution is 6.02. The van der Waals surface area contributed by atoms with E-state index in [1.165, 1.54) is 19.3 Å². The van der Waals surface area contributed by atoms with Gasteiger partial charge >= 0.3 is 0 Å². The van der Waals surface area contributed by atoms with Crippen LogP contribution in [0, 0.1) is 11.3 Å². The molecule has 2 atom stereocenters. The highest BCUT2D eigenvalue weighted by atomic mass is 16.3. The van der Waals surface area contributed by atoms with E-state index in [1.807, 2.05) is 24.3 Å². The number of benzene rings is 1. The number of rotatable bonds is 5. The van der Waals surface area contributed by atoms with Crippen LogP contribution in [0.4, 0.5) is 0 Å². The average molecular weight is 450 g/mol. The van der Waals surface area contributed by atoms with Crippen molar-refractivity contribution in [3.8, 4) is 5.75 Å². The van der Waals surface area contributed by atoms with E-state index >= 15 is 0 Å². The Bertz CT molecular complexity index is 1130. The molecule has 5 fully saturated rings. The van der Waals surface area contributed by atoms with Crippen LogP contribution in [-0.2, 0) is 0 Å². The predicted molar refractivity (Wildman–Crippen MR) is 129 cm³/mol. The number of hydrogen-bond acceptors (Lipinski definition) is 4. The summed E-state index contributed by atoms with van der Waals surface area (Å²) in [6, 6.07) is 8.79. The lowest BCUT2D eigenvalue weighted by atomic mass is 9.55. The van der Waals surface area contributed by atoms with Gasteiger partial charge in [-0.2, -0.15) is 0 Å². The van der Waals surface area contributed by atoms with Crippen molar-refractivity contribution in [2.45, 2.75) is 82.8 Å². The normalized spacial score (nSPS) is 31.5. The summed E-state index contributed by atoms with van der Waals surface area (Å²) in [6.45, 7) is 3.97. The van der Waals surface area contributed by atoms with Gasteiger partial charge in [0.05, 0.1) is 5.52 Å². The average Bonchev–Trinajstić information content (AvgIpc) is 3.32. The van der Waals surface area contributed by atoms with Gasteiger partial charge in [0.1, 0.15) is 11.3 Å². The highest BCUT2D eigenvalue weighted by Crippen LogP contribution is 2.55. The number of piperidine rings is 2. The Morgan fingerprint density at radius 3 is 2.48 bits per heavy atom. The number of para-hydroxylation sites is 1. The second kappa shape index (κ2) is 7.86. The minimum Gasteiger partial charge on any atom is -0.506 e. The number of aromatic nitrogens is 1. The number of nitrogens with zero attached hydrogens (tertiary/aromatic N) is 2. The van der Waals surface area contributed by atoms with Gasteiger partial charge in [0.15, 0.2) is 0 Å². The third-order valence-electron chi connectivity index (χ3n) is 9.20. The monoisotopic (exact) mass is 449 g/mol. The van der Waals surface area contributed by atoms with Gasteiger partial charge in [-0.15, -0.1) is 0 Å². The first kappa shape index (κ1) is 21.2. The van der Waals surface area contributed by atoms with Crippen LogP contribution >= 0.6 is 0 Å². The zero-order valence-electron chi connectivity index (χ0n) is 19.6. The molecular formula is C27H35N3O3. The van der Waals surface area contributed by atoms with E-state index in [0.29, 0.717) is 24.0 Å². The van der Waals surface area contributed by atoms with E-state index in [1.54, 1.807) is 4.57 Å². The Kier molecular flexibility index (Phi) is 5.05. The third kappa shape index (κ3) is 3.32. The number of amides is 1. The standard InChI is InChI=1S/C27H35N3O3/c1-2-29-19-11-17-12-20(29)15-27(13-17,14-19)16-28-25(32)23-24(31)21-9-5-6-10-22(21)30(26(23)33)18-7-3-4-8-18/h5-6,9-10,17-20,31H,2-4,7-8,11-16H2,1H3,(H,28,32). The van der Waals surface area contributed by atoms with E-state index in [2.05, 4.69) is 17.1 Å². The first-order chi connectivity index (χ1) is 16.0. The van der Waals surface area contributed by atoms with Gasteiger partial charge in [-0.05, 0) is 75.0 Å².